The van der Waals surface area contributed by atoms with Crippen LogP contribution in [-0.2, 0) is 11.2 Å². The van der Waals surface area contributed by atoms with E-state index in [0.717, 1.165) is 5.56 Å². The lowest BCUT2D eigenvalue weighted by Crippen LogP contribution is -2.50. The lowest BCUT2D eigenvalue weighted by atomic mass is 10.0. The normalized spacial score (nSPS) is 11.3. The zero-order valence-electron chi connectivity index (χ0n) is 15.4. The molecule has 2 aromatic carbocycles. The average molecular weight is 373 g/mol. The van der Waals surface area contributed by atoms with Crippen molar-refractivity contribution in [1.29, 1.82) is 0 Å². The van der Waals surface area contributed by atoms with Gasteiger partial charge in [-0.05, 0) is 17.7 Å². The number of benzene rings is 2. The van der Waals surface area contributed by atoms with Crippen LogP contribution in [0, 0.1) is 0 Å². The van der Waals surface area contributed by atoms with Crippen molar-refractivity contribution in [1.82, 2.24) is 10.7 Å². The Morgan fingerprint density at radius 3 is 2.07 bits per heavy atom. The van der Waals surface area contributed by atoms with E-state index in [-0.39, 0.29) is 5.56 Å². The number of hydrogen-bond donors (Lipinski definition) is 3. The maximum absolute atomic E-state index is 12.7. The second-order valence-corrected chi connectivity index (χ2v) is 5.64. The molecule has 0 saturated heterocycles. The third-order valence-corrected chi connectivity index (χ3v) is 3.97. The van der Waals surface area contributed by atoms with E-state index in [1.807, 2.05) is 30.3 Å². The van der Waals surface area contributed by atoms with E-state index in [4.69, 9.17) is 20.1 Å². The van der Waals surface area contributed by atoms with Crippen molar-refractivity contribution < 1.29 is 23.8 Å². The molecule has 27 heavy (non-hydrogen) atoms. The number of nitrogens with two attached hydrogens (primary N) is 1. The molecule has 8 heteroatoms. The van der Waals surface area contributed by atoms with Crippen LogP contribution in [0.4, 0.5) is 0 Å². The highest BCUT2D eigenvalue weighted by atomic mass is 16.5. The highest BCUT2D eigenvalue weighted by Gasteiger charge is 2.23. The molecule has 1 atom stereocenters. The van der Waals surface area contributed by atoms with E-state index in [1.165, 1.54) is 33.5 Å². The van der Waals surface area contributed by atoms with Crippen LogP contribution in [0.25, 0.3) is 0 Å². The molecular formula is C19H23N3O5. The fourth-order valence-corrected chi connectivity index (χ4v) is 2.61. The average Bonchev–Trinajstić information content (AvgIpc) is 2.71. The minimum atomic E-state index is -0.844. The molecule has 0 spiro atoms. The molecule has 0 aliphatic heterocycles. The number of methoxy groups -OCH3 is 3. The van der Waals surface area contributed by atoms with Gasteiger partial charge >= 0.3 is 0 Å². The highest BCUT2D eigenvalue weighted by molar-refractivity contribution is 5.98. The van der Waals surface area contributed by atoms with Gasteiger partial charge in [-0.15, -0.1) is 0 Å². The first-order valence-electron chi connectivity index (χ1n) is 8.19. The Morgan fingerprint density at radius 2 is 1.59 bits per heavy atom. The molecule has 0 saturated carbocycles. The Balaban J connectivity index is 2.27. The van der Waals surface area contributed by atoms with E-state index in [0.29, 0.717) is 23.7 Å². The number of rotatable bonds is 8. The Bertz CT molecular complexity index is 770. The molecule has 144 valence electrons. The van der Waals surface area contributed by atoms with Gasteiger partial charge in [-0.1, -0.05) is 30.3 Å². The summed E-state index contributed by atoms with van der Waals surface area (Å²) in [6.45, 7) is 0. The number of carbonyl (C=O) groups is 2. The molecule has 0 radical (unpaired) electrons. The molecule has 2 amide bonds. The molecule has 2 aromatic rings. The third-order valence-electron chi connectivity index (χ3n) is 3.97. The Hall–Kier alpha value is -3.26. The summed E-state index contributed by atoms with van der Waals surface area (Å²) in [5.74, 6) is 5.34. The van der Waals surface area contributed by atoms with Crippen LogP contribution in [0.5, 0.6) is 17.2 Å². The third kappa shape index (κ3) is 4.89. The van der Waals surface area contributed by atoms with Crippen LogP contribution in [0.15, 0.2) is 42.5 Å². The monoisotopic (exact) mass is 373 g/mol. The van der Waals surface area contributed by atoms with Gasteiger partial charge in [0.15, 0.2) is 11.5 Å². The van der Waals surface area contributed by atoms with Crippen LogP contribution in [-0.4, -0.2) is 39.2 Å². The largest absolute Gasteiger partial charge is 0.493 e. The van der Waals surface area contributed by atoms with E-state index in [2.05, 4.69) is 10.7 Å². The number of ether oxygens (including phenoxy) is 3. The second kappa shape index (κ2) is 9.44. The van der Waals surface area contributed by atoms with Crippen molar-refractivity contribution in [2.45, 2.75) is 12.5 Å². The quantitative estimate of drug-likeness (QED) is 0.362. The highest BCUT2D eigenvalue weighted by Crippen LogP contribution is 2.38. The van der Waals surface area contributed by atoms with E-state index < -0.39 is 17.9 Å². The predicted octanol–water partition coefficient (Wildman–Crippen LogP) is 1.04. The molecule has 4 N–H and O–H groups in total. The molecule has 0 bridgehead atoms. The molecule has 0 aromatic heterocycles. The first-order valence-corrected chi connectivity index (χ1v) is 8.19. The van der Waals surface area contributed by atoms with Gasteiger partial charge in [0.2, 0.25) is 5.75 Å². The fourth-order valence-electron chi connectivity index (χ4n) is 2.61. The molecule has 0 aliphatic rings. The van der Waals surface area contributed by atoms with Crippen LogP contribution in [0.1, 0.15) is 15.9 Å². The summed E-state index contributed by atoms with van der Waals surface area (Å²) in [5.41, 5.74) is 3.22. The second-order valence-electron chi connectivity index (χ2n) is 5.64. The molecule has 0 unspecified atom stereocenters. The van der Waals surface area contributed by atoms with Crippen LogP contribution < -0.4 is 30.8 Å². The van der Waals surface area contributed by atoms with Crippen molar-refractivity contribution in [3.63, 3.8) is 0 Å². The number of hydrogen-bond acceptors (Lipinski definition) is 6. The Morgan fingerprint density at radius 1 is 1.00 bits per heavy atom. The standard InChI is InChI=1S/C19H23N3O5/c1-25-15-10-13(11-16(26-2)17(15)27-3)18(23)21-14(19(24)22-20)9-12-7-5-4-6-8-12/h4-8,10-11,14H,9,20H2,1-3H3,(H,21,23)(H,22,24)/t14-/m1/s1. The van der Waals surface area contributed by atoms with Crippen molar-refractivity contribution in [2.75, 3.05) is 21.3 Å². The SMILES string of the molecule is COc1cc(C(=O)N[C@H](Cc2ccccc2)C(=O)NN)cc(OC)c1OC. The van der Waals surface area contributed by atoms with Gasteiger partial charge in [-0.2, -0.15) is 0 Å². The topological polar surface area (TPSA) is 112 Å². The number of hydrazine groups is 1. The maximum Gasteiger partial charge on any atom is 0.256 e. The van der Waals surface area contributed by atoms with Gasteiger partial charge in [0.1, 0.15) is 6.04 Å². The van der Waals surface area contributed by atoms with Crippen molar-refractivity contribution >= 4 is 11.8 Å². The molecule has 8 nitrogen and oxygen atoms in total. The summed E-state index contributed by atoms with van der Waals surface area (Å²) in [6, 6.07) is 11.5. The van der Waals surface area contributed by atoms with E-state index >= 15 is 0 Å². The molecule has 2 rings (SSSR count). The molecular weight excluding hydrogens is 350 g/mol. The maximum atomic E-state index is 12.7. The summed E-state index contributed by atoms with van der Waals surface area (Å²) < 4.78 is 15.8. The Labute approximate surface area is 157 Å². The summed E-state index contributed by atoms with van der Waals surface area (Å²) >= 11 is 0. The zero-order valence-corrected chi connectivity index (χ0v) is 15.4. The van der Waals surface area contributed by atoms with Gasteiger partial charge in [-0.3, -0.25) is 15.0 Å². The lowest BCUT2D eigenvalue weighted by molar-refractivity contribution is -0.123. The Kier molecular flexibility index (Phi) is 7.01. The van der Waals surface area contributed by atoms with Crippen LogP contribution >= 0.6 is 0 Å². The lowest BCUT2D eigenvalue weighted by Gasteiger charge is -2.18. The summed E-state index contributed by atoms with van der Waals surface area (Å²) in [4.78, 5) is 24.8. The first kappa shape index (κ1) is 20.1. The summed E-state index contributed by atoms with van der Waals surface area (Å²) in [5, 5.41) is 2.69. The number of amides is 2. The van der Waals surface area contributed by atoms with Gasteiger partial charge in [0.25, 0.3) is 11.8 Å². The van der Waals surface area contributed by atoms with Crippen molar-refractivity contribution in [3.05, 3.63) is 53.6 Å². The number of carbonyl (C=O) groups excluding carboxylic acids is 2. The van der Waals surface area contributed by atoms with Gasteiger partial charge in [0, 0.05) is 12.0 Å². The minimum absolute atomic E-state index is 0.257. The molecule has 0 aliphatic carbocycles. The van der Waals surface area contributed by atoms with Crippen molar-refractivity contribution in [3.8, 4) is 17.2 Å². The number of nitrogens with one attached hydrogen (secondary N) is 2. The molecule has 0 heterocycles. The van der Waals surface area contributed by atoms with Gasteiger partial charge in [-0.25, -0.2) is 5.84 Å². The van der Waals surface area contributed by atoms with Gasteiger partial charge in [0.05, 0.1) is 21.3 Å². The summed E-state index contributed by atoms with van der Waals surface area (Å²) in [7, 11) is 4.39. The van der Waals surface area contributed by atoms with E-state index in [9.17, 15) is 9.59 Å². The summed E-state index contributed by atoms with van der Waals surface area (Å²) in [6.07, 6.45) is 0.292. The fraction of sp³-hybridized carbons (Fsp3) is 0.263. The van der Waals surface area contributed by atoms with Crippen LogP contribution in [0.3, 0.4) is 0 Å². The predicted molar refractivity (Wildman–Crippen MR) is 99.8 cm³/mol. The zero-order chi connectivity index (χ0) is 19.8. The first-order chi connectivity index (χ1) is 13.0. The van der Waals surface area contributed by atoms with Gasteiger partial charge < -0.3 is 19.5 Å². The van der Waals surface area contributed by atoms with E-state index in [1.54, 1.807) is 0 Å². The van der Waals surface area contributed by atoms with Crippen molar-refractivity contribution in [2.24, 2.45) is 5.84 Å². The minimum Gasteiger partial charge on any atom is -0.493 e. The smallest absolute Gasteiger partial charge is 0.256 e. The van der Waals surface area contributed by atoms with Crippen LogP contribution in [0.2, 0.25) is 0 Å². The molecule has 0 fully saturated rings.